The third-order valence-corrected chi connectivity index (χ3v) is 2.12. The van der Waals surface area contributed by atoms with Gasteiger partial charge in [0.15, 0.2) is 5.75 Å². The fourth-order valence-electron chi connectivity index (χ4n) is 1.37. The summed E-state index contributed by atoms with van der Waals surface area (Å²) in [5.74, 6) is -0.102. The van der Waals surface area contributed by atoms with E-state index in [0.717, 1.165) is 0 Å². The predicted molar refractivity (Wildman–Crippen MR) is 57.8 cm³/mol. The average molecular weight is 226 g/mol. The van der Waals surface area contributed by atoms with E-state index in [0.29, 0.717) is 5.69 Å². The number of aryl methyl sites for hydroxylation is 1. The number of nitrogens with zero attached hydrogens (tertiary/aromatic N) is 1. The molecule has 2 N–H and O–H groups in total. The van der Waals surface area contributed by atoms with E-state index < -0.39 is 5.97 Å². The van der Waals surface area contributed by atoms with Crippen LogP contribution in [0.2, 0.25) is 0 Å². The molecule has 0 atom stereocenters. The zero-order valence-electron chi connectivity index (χ0n) is 9.66. The summed E-state index contributed by atoms with van der Waals surface area (Å²) < 4.78 is 14.7. The van der Waals surface area contributed by atoms with Gasteiger partial charge in [-0.05, 0) is 6.92 Å². The minimum absolute atomic E-state index is 0.177. The van der Waals surface area contributed by atoms with Crippen LogP contribution in [0.4, 0.5) is 5.69 Å². The lowest BCUT2D eigenvalue weighted by molar-refractivity contribution is 0.0595. The number of carbonyl (C=O) groups excluding carboxylic acids is 1. The summed E-state index contributed by atoms with van der Waals surface area (Å²) in [5.41, 5.74) is 6.57. The monoisotopic (exact) mass is 226 g/mol. The fourth-order valence-corrected chi connectivity index (χ4v) is 1.37. The van der Waals surface area contributed by atoms with Gasteiger partial charge in [-0.3, -0.25) is 0 Å². The molecule has 6 heteroatoms. The quantitative estimate of drug-likeness (QED) is 0.766. The molecule has 0 aromatic carbocycles. The second-order valence-corrected chi connectivity index (χ2v) is 3.02. The van der Waals surface area contributed by atoms with Gasteiger partial charge in [-0.1, -0.05) is 0 Å². The summed E-state index contributed by atoms with van der Waals surface area (Å²) in [6, 6.07) is 0. The number of carbonyl (C=O) groups is 1. The molecule has 0 amide bonds. The van der Waals surface area contributed by atoms with Gasteiger partial charge < -0.3 is 19.9 Å². The molecule has 1 aromatic heterocycles. The van der Waals surface area contributed by atoms with Crippen molar-refractivity contribution < 1.29 is 19.0 Å². The predicted octanol–water partition coefficient (Wildman–Crippen LogP) is 0.776. The Labute approximate surface area is 93.3 Å². The van der Waals surface area contributed by atoms with Gasteiger partial charge >= 0.3 is 5.97 Å². The van der Waals surface area contributed by atoms with E-state index in [1.54, 1.807) is 6.92 Å². The Morgan fingerprint density at radius 3 is 2.31 bits per heavy atom. The van der Waals surface area contributed by atoms with Crippen LogP contribution >= 0.6 is 0 Å². The van der Waals surface area contributed by atoms with Gasteiger partial charge in [0.05, 0.1) is 27.0 Å². The second kappa shape index (κ2) is 4.69. The maximum absolute atomic E-state index is 11.5. The molecule has 0 unspecified atom stereocenters. The first-order valence-electron chi connectivity index (χ1n) is 4.53. The van der Waals surface area contributed by atoms with Gasteiger partial charge in [-0.2, -0.15) is 0 Å². The van der Waals surface area contributed by atoms with E-state index in [4.69, 9.17) is 15.2 Å². The molecule has 0 saturated heterocycles. The van der Waals surface area contributed by atoms with Crippen molar-refractivity contribution in [3.05, 3.63) is 11.3 Å². The first kappa shape index (κ1) is 12.1. The molecule has 0 saturated carbocycles. The number of ether oxygens (including phenoxy) is 3. The van der Waals surface area contributed by atoms with Crippen LogP contribution in [0.1, 0.15) is 16.1 Å². The Hall–Kier alpha value is -1.98. The summed E-state index contributed by atoms with van der Waals surface area (Å²) in [6.45, 7) is 1.65. The van der Waals surface area contributed by atoms with Crippen LogP contribution in [0.25, 0.3) is 0 Å². The van der Waals surface area contributed by atoms with E-state index in [1.165, 1.54) is 21.3 Å². The largest absolute Gasteiger partial charge is 0.493 e. The van der Waals surface area contributed by atoms with Gasteiger partial charge in [-0.15, -0.1) is 0 Å². The van der Waals surface area contributed by atoms with Crippen molar-refractivity contribution in [2.75, 3.05) is 27.1 Å². The molecule has 0 spiro atoms. The number of aromatic nitrogens is 1. The second-order valence-electron chi connectivity index (χ2n) is 3.02. The lowest BCUT2D eigenvalue weighted by Gasteiger charge is -2.14. The van der Waals surface area contributed by atoms with Crippen LogP contribution in [0.5, 0.6) is 11.6 Å². The highest BCUT2D eigenvalue weighted by Crippen LogP contribution is 2.35. The average Bonchev–Trinajstić information content (AvgIpc) is 2.29. The van der Waals surface area contributed by atoms with E-state index >= 15 is 0 Å². The zero-order chi connectivity index (χ0) is 12.3. The van der Waals surface area contributed by atoms with Crippen molar-refractivity contribution in [1.29, 1.82) is 0 Å². The van der Waals surface area contributed by atoms with Crippen molar-refractivity contribution >= 4 is 11.7 Å². The number of pyridine rings is 1. The third-order valence-electron chi connectivity index (χ3n) is 2.12. The van der Waals surface area contributed by atoms with Crippen LogP contribution in [0.15, 0.2) is 0 Å². The molecular formula is C10H14N2O4. The Morgan fingerprint density at radius 1 is 1.25 bits per heavy atom. The molecule has 0 radical (unpaired) electrons. The molecule has 88 valence electrons. The number of nitrogens with two attached hydrogens (primary N) is 1. The molecular weight excluding hydrogens is 212 g/mol. The van der Waals surface area contributed by atoms with E-state index in [1.807, 2.05) is 0 Å². The number of nitrogen functional groups attached to an aromatic ring is 1. The summed E-state index contributed by atoms with van der Waals surface area (Å²) >= 11 is 0. The van der Waals surface area contributed by atoms with Crippen LogP contribution in [0.3, 0.4) is 0 Å². The normalized spacial score (nSPS) is 9.75. The standard InChI is InChI=1S/C10H14N2O4/c1-5-6(10(13)16-4)8(14-2)7(11)9(12-5)15-3/h11H2,1-4H3. The summed E-state index contributed by atoms with van der Waals surface area (Å²) in [5, 5.41) is 0. The van der Waals surface area contributed by atoms with Gasteiger partial charge in [0, 0.05) is 0 Å². The number of rotatable bonds is 3. The lowest BCUT2D eigenvalue weighted by Crippen LogP contribution is -2.11. The molecule has 0 aliphatic carbocycles. The van der Waals surface area contributed by atoms with Gasteiger partial charge in [0.2, 0.25) is 5.88 Å². The molecule has 0 fully saturated rings. The summed E-state index contributed by atoms with van der Waals surface area (Å²) in [6.07, 6.45) is 0. The van der Waals surface area contributed by atoms with E-state index in [-0.39, 0.29) is 22.9 Å². The van der Waals surface area contributed by atoms with Crippen molar-refractivity contribution in [3.8, 4) is 11.6 Å². The highest BCUT2D eigenvalue weighted by Gasteiger charge is 2.23. The Balaban J connectivity index is 3.49. The smallest absolute Gasteiger partial charge is 0.343 e. The molecule has 0 bridgehead atoms. The molecule has 1 heterocycles. The summed E-state index contributed by atoms with van der Waals surface area (Å²) in [7, 11) is 4.13. The molecule has 0 aliphatic rings. The highest BCUT2D eigenvalue weighted by molar-refractivity contribution is 5.96. The fraction of sp³-hybridized carbons (Fsp3) is 0.400. The van der Waals surface area contributed by atoms with Crippen molar-refractivity contribution in [3.63, 3.8) is 0 Å². The Kier molecular flexibility index (Phi) is 3.55. The maximum atomic E-state index is 11.5. The number of esters is 1. The first-order chi connectivity index (χ1) is 7.56. The van der Waals surface area contributed by atoms with Crippen LogP contribution in [0, 0.1) is 6.92 Å². The number of anilines is 1. The number of hydrogen-bond donors (Lipinski definition) is 1. The highest BCUT2D eigenvalue weighted by atomic mass is 16.5. The Bertz CT molecular complexity index is 418. The van der Waals surface area contributed by atoms with Gasteiger partial charge in [-0.25, -0.2) is 9.78 Å². The zero-order valence-corrected chi connectivity index (χ0v) is 9.66. The van der Waals surface area contributed by atoms with Crippen LogP contribution in [-0.2, 0) is 4.74 Å². The SMILES string of the molecule is COC(=O)c1c(C)nc(OC)c(N)c1OC. The topological polar surface area (TPSA) is 83.7 Å². The van der Waals surface area contributed by atoms with Gasteiger partial charge in [0.1, 0.15) is 11.3 Å². The minimum Gasteiger partial charge on any atom is -0.493 e. The number of hydrogen-bond acceptors (Lipinski definition) is 6. The molecule has 1 aromatic rings. The van der Waals surface area contributed by atoms with E-state index in [9.17, 15) is 4.79 Å². The van der Waals surface area contributed by atoms with Gasteiger partial charge in [0.25, 0.3) is 0 Å². The lowest BCUT2D eigenvalue weighted by atomic mass is 10.1. The maximum Gasteiger partial charge on any atom is 0.343 e. The molecule has 1 rings (SSSR count). The number of methoxy groups -OCH3 is 3. The van der Waals surface area contributed by atoms with Crippen molar-refractivity contribution in [1.82, 2.24) is 4.98 Å². The van der Waals surface area contributed by atoms with Crippen LogP contribution < -0.4 is 15.2 Å². The Morgan fingerprint density at radius 2 is 1.88 bits per heavy atom. The summed E-state index contributed by atoms with van der Waals surface area (Å²) in [4.78, 5) is 15.6. The molecule has 0 aliphatic heterocycles. The van der Waals surface area contributed by atoms with Crippen molar-refractivity contribution in [2.24, 2.45) is 0 Å². The minimum atomic E-state index is -0.545. The van der Waals surface area contributed by atoms with Crippen molar-refractivity contribution in [2.45, 2.75) is 6.92 Å². The van der Waals surface area contributed by atoms with Crippen LogP contribution in [-0.4, -0.2) is 32.3 Å². The molecule has 16 heavy (non-hydrogen) atoms. The third kappa shape index (κ3) is 1.86. The molecule has 6 nitrogen and oxygen atoms in total. The first-order valence-corrected chi connectivity index (χ1v) is 4.53. The van der Waals surface area contributed by atoms with E-state index in [2.05, 4.69) is 9.72 Å².